The van der Waals surface area contributed by atoms with Gasteiger partial charge in [0.1, 0.15) is 12.6 Å². The molecule has 1 N–H and O–H groups in total. The van der Waals surface area contributed by atoms with Crippen molar-refractivity contribution in [1.82, 2.24) is 10.2 Å². The highest BCUT2D eigenvalue weighted by molar-refractivity contribution is 7.92. The number of aryl methyl sites for hydroxylation is 1. The predicted molar refractivity (Wildman–Crippen MR) is 157 cm³/mol. The van der Waals surface area contributed by atoms with E-state index in [1.807, 2.05) is 6.92 Å². The lowest BCUT2D eigenvalue weighted by atomic mass is 10.1. The number of sulfonamides is 1. The molecule has 0 heterocycles. The van der Waals surface area contributed by atoms with Gasteiger partial charge in [-0.2, -0.15) is 0 Å². The molecule has 0 unspecified atom stereocenters. The molecule has 7 nitrogen and oxygen atoms in total. The number of nitrogens with zero attached hydrogens (tertiary/aromatic N) is 2. The molecule has 1 atom stereocenters. The van der Waals surface area contributed by atoms with Crippen LogP contribution in [0.25, 0.3) is 0 Å². The summed E-state index contributed by atoms with van der Waals surface area (Å²) in [6.45, 7) is 4.95. The normalized spacial score (nSPS) is 12.1. The van der Waals surface area contributed by atoms with E-state index >= 15 is 0 Å². The molecule has 0 aliphatic heterocycles. The lowest BCUT2D eigenvalue weighted by Crippen LogP contribution is -2.51. The van der Waals surface area contributed by atoms with Crippen molar-refractivity contribution in [3.05, 3.63) is 92.9 Å². The molecular formula is C28H30Cl3N3O4S. The van der Waals surface area contributed by atoms with Crippen LogP contribution in [0.3, 0.4) is 0 Å². The highest BCUT2D eigenvalue weighted by Gasteiger charge is 2.33. The fraction of sp³-hybridized carbons (Fsp3) is 0.286. The number of hydrogen-bond acceptors (Lipinski definition) is 4. The molecule has 3 aromatic carbocycles. The Hall–Kier alpha value is -2.78. The summed E-state index contributed by atoms with van der Waals surface area (Å²) in [6, 6.07) is 16.6. The van der Waals surface area contributed by atoms with E-state index < -0.39 is 28.5 Å². The van der Waals surface area contributed by atoms with E-state index in [2.05, 4.69) is 5.32 Å². The van der Waals surface area contributed by atoms with Gasteiger partial charge in [0.05, 0.1) is 10.6 Å². The fourth-order valence-corrected chi connectivity index (χ4v) is 6.09. The van der Waals surface area contributed by atoms with E-state index in [4.69, 9.17) is 34.8 Å². The van der Waals surface area contributed by atoms with E-state index in [0.29, 0.717) is 39.2 Å². The van der Waals surface area contributed by atoms with Crippen molar-refractivity contribution in [2.24, 2.45) is 0 Å². The monoisotopic (exact) mass is 609 g/mol. The van der Waals surface area contributed by atoms with Crippen molar-refractivity contribution in [2.75, 3.05) is 17.4 Å². The van der Waals surface area contributed by atoms with Crippen LogP contribution in [0, 0.1) is 6.92 Å². The summed E-state index contributed by atoms with van der Waals surface area (Å²) in [5.74, 6) is -1.01. The van der Waals surface area contributed by atoms with Crippen LogP contribution in [-0.4, -0.2) is 44.3 Å². The maximum atomic E-state index is 14.0. The van der Waals surface area contributed by atoms with Gasteiger partial charge in [0, 0.05) is 33.7 Å². The second kappa shape index (κ2) is 13.5. The third kappa shape index (κ3) is 7.45. The lowest BCUT2D eigenvalue weighted by Gasteiger charge is -2.32. The van der Waals surface area contributed by atoms with Gasteiger partial charge in [0.15, 0.2) is 0 Å². The highest BCUT2D eigenvalue weighted by atomic mass is 35.5. The molecule has 2 amide bonds. The van der Waals surface area contributed by atoms with Crippen LogP contribution in [0.4, 0.5) is 5.69 Å². The minimum absolute atomic E-state index is 0.00612. The van der Waals surface area contributed by atoms with Crippen molar-refractivity contribution in [1.29, 1.82) is 0 Å². The van der Waals surface area contributed by atoms with E-state index in [-0.39, 0.29) is 23.0 Å². The number of nitrogens with one attached hydrogen (secondary N) is 1. The average Bonchev–Trinajstić information content (AvgIpc) is 2.91. The molecule has 208 valence electrons. The highest BCUT2D eigenvalue weighted by Crippen LogP contribution is 2.31. The summed E-state index contributed by atoms with van der Waals surface area (Å²) in [5, 5.41) is 3.74. The van der Waals surface area contributed by atoms with Crippen LogP contribution >= 0.6 is 34.8 Å². The topological polar surface area (TPSA) is 86.8 Å². The minimum Gasteiger partial charge on any atom is -0.354 e. The Morgan fingerprint density at radius 2 is 1.59 bits per heavy atom. The molecule has 3 aromatic rings. The molecule has 0 bridgehead atoms. The van der Waals surface area contributed by atoms with Crippen molar-refractivity contribution in [3.63, 3.8) is 0 Å². The number of amides is 2. The van der Waals surface area contributed by atoms with Gasteiger partial charge in [-0.15, -0.1) is 0 Å². The smallest absolute Gasteiger partial charge is 0.264 e. The number of carbonyl (C=O) groups excluding carboxylic acids is 2. The van der Waals surface area contributed by atoms with Gasteiger partial charge < -0.3 is 10.2 Å². The molecule has 11 heteroatoms. The Kier molecular flexibility index (Phi) is 10.7. The molecule has 0 aromatic heterocycles. The first-order valence-corrected chi connectivity index (χ1v) is 14.9. The molecule has 0 spiro atoms. The number of rotatable bonds is 11. The first-order valence-electron chi connectivity index (χ1n) is 12.3. The van der Waals surface area contributed by atoms with Crippen LogP contribution in [0.15, 0.2) is 71.6 Å². The lowest BCUT2D eigenvalue weighted by molar-refractivity contribution is -0.139. The maximum absolute atomic E-state index is 14.0. The third-order valence-corrected chi connectivity index (χ3v) is 8.87. The van der Waals surface area contributed by atoms with E-state index in [9.17, 15) is 18.0 Å². The standard InChI is InChI=1S/C28H30Cl3N3O4S/c1-4-15-32-28(36)20(3)33(17-23-24(30)11-8-12-25(23)31)27(35)18-34(26-16-21(29)14-13-19(26)2)39(37,38)22-9-6-5-7-10-22/h5-14,16,20H,4,15,17-18H2,1-3H3,(H,32,36)/t20-/m0/s1. The molecule has 0 saturated carbocycles. The second-order valence-corrected chi connectivity index (χ2v) is 12.1. The van der Waals surface area contributed by atoms with Crippen LogP contribution in [-0.2, 0) is 26.2 Å². The second-order valence-electron chi connectivity index (χ2n) is 8.94. The van der Waals surface area contributed by atoms with Gasteiger partial charge in [-0.05, 0) is 62.2 Å². The predicted octanol–water partition coefficient (Wildman–Crippen LogP) is 6.09. The SMILES string of the molecule is CCCNC(=O)[C@H](C)N(Cc1c(Cl)cccc1Cl)C(=O)CN(c1cc(Cl)ccc1C)S(=O)(=O)c1ccccc1. The number of halogens is 3. The van der Waals surface area contributed by atoms with Gasteiger partial charge in [-0.1, -0.05) is 72.1 Å². The Balaban J connectivity index is 2.09. The van der Waals surface area contributed by atoms with Crippen molar-refractivity contribution >= 4 is 62.3 Å². The summed E-state index contributed by atoms with van der Waals surface area (Å²) in [4.78, 5) is 28.2. The van der Waals surface area contributed by atoms with Crippen molar-refractivity contribution in [2.45, 2.75) is 44.7 Å². The van der Waals surface area contributed by atoms with E-state index in [0.717, 1.165) is 4.31 Å². The van der Waals surface area contributed by atoms with Gasteiger partial charge in [0.2, 0.25) is 11.8 Å². The largest absolute Gasteiger partial charge is 0.354 e. The van der Waals surface area contributed by atoms with Crippen LogP contribution in [0.5, 0.6) is 0 Å². The summed E-state index contributed by atoms with van der Waals surface area (Å²) < 4.78 is 28.7. The van der Waals surface area contributed by atoms with Crippen molar-refractivity contribution in [3.8, 4) is 0 Å². The first kappa shape index (κ1) is 30.8. The zero-order chi connectivity index (χ0) is 28.7. The van der Waals surface area contributed by atoms with E-state index in [1.165, 1.54) is 23.1 Å². The molecule has 0 aliphatic rings. The van der Waals surface area contributed by atoms with Crippen LogP contribution in [0.1, 0.15) is 31.4 Å². The number of carbonyl (C=O) groups is 2. The summed E-state index contributed by atoms with van der Waals surface area (Å²) in [6.07, 6.45) is 0.708. The molecule has 0 fully saturated rings. The van der Waals surface area contributed by atoms with Gasteiger partial charge in [0.25, 0.3) is 10.0 Å². The number of benzene rings is 3. The fourth-order valence-electron chi connectivity index (χ4n) is 3.92. The minimum atomic E-state index is -4.20. The molecule has 3 rings (SSSR count). The Labute approximate surface area is 244 Å². The molecular weight excluding hydrogens is 581 g/mol. The quantitative estimate of drug-likeness (QED) is 0.285. The van der Waals surface area contributed by atoms with Gasteiger partial charge in [-0.25, -0.2) is 8.42 Å². The van der Waals surface area contributed by atoms with E-state index in [1.54, 1.807) is 62.4 Å². The van der Waals surface area contributed by atoms with Crippen LogP contribution < -0.4 is 9.62 Å². The Morgan fingerprint density at radius 1 is 0.949 bits per heavy atom. The summed E-state index contributed by atoms with van der Waals surface area (Å²) >= 11 is 19.0. The third-order valence-electron chi connectivity index (χ3n) is 6.16. The van der Waals surface area contributed by atoms with Crippen molar-refractivity contribution < 1.29 is 18.0 Å². The molecule has 39 heavy (non-hydrogen) atoms. The Bertz CT molecular complexity index is 1410. The van der Waals surface area contributed by atoms with Gasteiger partial charge in [-0.3, -0.25) is 13.9 Å². The molecule has 0 aliphatic carbocycles. The molecule has 0 radical (unpaired) electrons. The zero-order valence-corrected chi connectivity index (χ0v) is 24.9. The first-order chi connectivity index (χ1) is 18.5. The number of hydrogen-bond donors (Lipinski definition) is 1. The summed E-state index contributed by atoms with van der Waals surface area (Å²) in [7, 11) is -4.20. The zero-order valence-electron chi connectivity index (χ0n) is 21.8. The van der Waals surface area contributed by atoms with Crippen LogP contribution in [0.2, 0.25) is 15.1 Å². The maximum Gasteiger partial charge on any atom is 0.264 e. The number of anilines is 1. The average molecular weight is 611 g/mol. The summed E-state index contributed by atoms with van der Waals surface area (Å²) in [5.41, 5.74) is 1.29. The molecule has 0 saturated heterocycles. The van der Waals surface area contributed by atoms with Gasteiger partial charge >= 0.3 is 0 Å². The Morgan fingerprint density at radius 3 is 2.21 bits per heavy atom.